The van der Waals surface area contributed by atoms with E-state index in [2.05, 4.69) is 30.7 Å². The predicted molar refractivity (Wildman–Crippen MR) is 144 cm³/mol. The maximum absolute atomic E-state index is 13.3. The predicted octanol–water partition coefficient (Wildman–Crippen LogP) is 4.91. The number of hydrogen-bond donors (Lipinski definition) is 1. The first-order valence-corrected chi connectivity index (χ1v) is 13.4. The molecule has 0 atom stereocenters. The number of nitrogens with zero attached hydrogens (tertiary/aromatic N) is 3. The normalized spacial score (nSPS) is 11.3. The van der Waals surface area contributed by atoms with Crippen molar-refractivity contribution < 1.29 is 13.2 Å². The van der Waals surface area contributed by atoms with Crippen molar-refractivity contribution >= 4 is 32.9 Å². The van der Waals surface area contributed by atoms with E-state index in [-0.39, 0.29) is 16.8 Å². The van der Waals surface area contributed by atoms with Crippen molar-refractivity contribution in [3.63, 3.8) is 0 Å². The summed E-state index contributed by atoms with van der Waals surface area (Å²) in [6.07, 6.45) is 3.39. The molecule has 0 aliphatic carbocycles. The van der Waals surface area contributed by atoms with Gasteiger partial charge in [-0.15, -0.1) is 6.58 Å². The second kappa shape index (κ2) is 12.0. The summed E-state index contributed by atoms with van der Waals surface area (Å²) in [7, 11) is -2.02. The van der Waals surface area contributed by atoms with Gasteiger partial charge >= 0.3 is 0 Å². The molecule has 1 aromatic heterocycles. The number of benzene rings is 2. The van der Waals surface area contributed by atoms with Crippen LogP contribution in [0.25, 0.3) is 0 Å². The lowest BCUT2D eigenvalue weighted by atomic mass is 10.2. The van der Waals surface area contributed by atoms with Crippen LogP contribution >= 0.6 is 12.2 Å². The van der Waals surface area contributed by atoms with Crippen molar-refractivity contribution in [1.29, 1.82) is 0 Å². The molecule has 1 heterocycles. The Morgan fingerprint density at radius 1 is 1.20 bits per heavy atom. The molecule has 0 amide bonds. The number of sulfone groups is 1. The maximum Gasteiger partial charge on any atom is 0.228 e. The molecule has 0 unspecified atom stereocenters. The third-order valence-electron chi connectivity index (χ3n) is 5.26. The summed E-state index contributed by atoms with van der Waals surface area (Å²) in [5.74, 6) is 0.882. The van der Waals surface area contributed by atoms with Gasteiger partial charge in [-0.1, -0.05) is 50.3 Å². The van der Waals surface area contributed by atoms with Gasteiger partial charge in [-0.25, -0.2) is 13.4 Å². The third-order valence-corrected chi connectivity index (χ3v) is 7.21. The second-order valence-corrected chi connectivity index (χ2v) is 10.9. The zero-order chi connectivity index (χ0) is 25.4. The number of thiocarbonyl (C=S) groups is 1. The molecule has 0 aliphatic rings. The molecule has 0 bridgehead atoms. The van der Waals surface area contributed by atoms with Gasteiger partial charge in [0.05, 0.1) is 31.3 Å². The smallest absolute Gasteiger partial charge is 0.228 e. The lowest BCUT2D eigenvalue weighted by Crippen LogP contribution is -2.35. The fourth-order valence-electron chi connectivity index (χ4n) is 3.63. The van der Waals surface area contributed by atoms with E-state index in [9.17, 15) is 8.42 Å². The average molecular weight is 513 g/mol. The van der Waals surface area contributed by atoms with Gasteiger partial charge in [0.15, 0.2) is 5.11 Å². The lowest BCUT2D eigenvalue weighted by Gasteiger charge is -2.25. The summed E-state index contributed by atoms with van der Waals surface area (Å²) in [5.41, 5.74) is 2.32. The van der Waals surface area contributed by atoms with Crippen LogP contribution < -0.4 is 10.1 Å². The standard InChI is InChI=1S/C26H32N4O3S2/c1-5-15-29(25(34)28-22-11-13-24(33-4)14-12-22)18-23-16-27-26(30(23)17-20(2)3)35(31,32)19-21-9-7-6-8-10-21/h5-14,16,20H,1,15,17-19H2,2-4H3,(H,28,34). The number of ether oxygens (including phenoxy) is 1. The molecule has 1 N–H and O–H groups in total. The maximum atomic E-state index is 13.3. The van der Waals surface area contributed by atoms with Crippen molar-refractivity contribution in [2.45, 2.75) is 37.8 Å². The van der Waals surface area contributed by atoms with Crippen LogP contribution in [-0.2, 0) is 28.7 Å². The van der Waals surface area contributed by atoms with E-state index < -0.39 is 9.84 Å². The Labute approximate surface area is 213 Å². The molecular formula is C26H32N4O3S2. The number of methoxy groups -OCH3 is 1. The molecular weight excluding hydrogens is 480 g/mol. The minimum Gasteiger partial charge on any atom is -0.497 e. The highest BCUT2D eigenvalue weighted by Gasteiger charge is 2.25. The van der Waals surface area contributed by atoms with E-state index in [1.807, 2.05) is 59.5 Å². The van der Waals surface area contributed by atoms with Gasteiger partial charge in [0.2, 0.25) is 15.0 Å². The van der Waals surface area contributed by atoms with Gasteiger partial charge in [-0.2, -0.15) is 0 Å². The molecule has 0 saturated carbocycles. The van der Waals surface area contributed by atoms with Crippen LogP contribution in [0, 0.1) is 5.92 Å². The van der Waals surface area contributed by atoms with E-state index in [4.69, 9.17) is 17.0 Å². The van der Waals surface area contributed by atoms with Crippen molar-refractivity contribution in [2.75, 3.05) is 19.0 Å². The van der Waals surface area contributed by atoms with Crippen LogP contribution in [0.5, 0.6) is 5.75 Å². The van der Waals surface area contributed by atoms with Crippen LogP contribution in [0.4, 0.5) is 5.69 Å². The Hall–Kier alpha value is -3.17. The Morgan fingerprint density at radius 3 is 2.49 bits per heavy atom. The first-order chi connectivity index (χ1) is 16.7. The number of anilines is 1. The quantitative estimate of drug-likeness (QED) is 0.289. The van der Waals surface area contributed by atoms with E-state index >= 15 is 0 Å². The molecule has 0 radical (unpaired) electrons. The number of imidazole rings is 1. The van der Waals surface area contributed by atoms with Gasteiger partial charge in [-0.3, -0.25) is 0 Å². The zero-order valence-electron chi connectivity index (χ0n) is 20.3. The lowest BCUT2D eigenvalue weighted by molar-refractivity contribution is 0.413. The average Bonchev–Trinajstić information content (AvgIpc) is 3.22. The summed E-state index contributed by atoms with van der Waals surface area (Å²) in [6.45, 7) is 9.35. The zero-order valence-corrected chi connectivity index (χ0v) is 22.0. The fraction of sp³-hybridized carbons (Fsp3) is 0.308. The van der Waals surface area contributed by atoms with Gasteiger partial charge < -0.3 is 19.5 Å². The van der Waals surface area contributed by atoms with Crippen molar-refractivity contribution in [3.8, 4) is 5.75 Å². The fourth-order valence-corrected chi connectivity index (χ4v) is 5.39. The molecule has 0 aliphatic heterocycles. The van der Waals surface area contributed by atoms with Crippen molar-refractivity contribution in [3.05, 3.63) is 84.7 Å². The van der Waals surface area contributed by atoms with E-state index in [1.54, 1.807) is 23.9 Å². The van der Waals surface area contributed by atoms with Crippen molar-refractivity contribution in [1.82, 2.24) is 14.5 Å². The van der Waals surface area contributed by atoms with Crippen LogP contribution in [0.3, 0.4) is 0 Å². The van der Waals surface area contributed by atoms with Crippen LogP contribution in [0.2, 0.25) is 0 Å². The Bertz CT molecular complexity index is 1240. The minimum absolute atomic E-state index is 0.0811. The highest BCUT2D eigenvalue weighted by Crippen LogP contribution is 2.21. The second-order valence-electron chi connectivity index (χ2n) is 8.61. The van der Waals surface area contributed by atoms with Crippen LogP contribution in [0.15, 0.2) is 78.6 Å². The molecule has 186 valence electrons. The molecule has 35 heavy (non-hydrogen) atoms. The summed E-state index contributed by atoms with van der Waals surface area (Å²) >= 11 is 5.67. The van der Waals surface area contributed by atoms with E-state index in [1.165, 1.54) is 0 Å². The molecule has 2 aromatic carbocycles. The summed E-state index contributed by atoms with van der Waals surface area (Å²) in [4.78, 5) is 6.28. The van der Waals surface area contributed by atoms with E-state index in [0.717, 1.165) is 22.7 Å². The third kappa shape index (κ3) is 7.16. The summed E-state index contributed by atoms with van der Waals surface area (Å²) in [6, 6.07) is 16.6. The van der Waals surface area contributed by atoms with Gasteiger partial charge in [0, 0.05) is 18.8 Å². The van der Waals surface area contributed by atoms with E-state index in [0.29, 0.717) is 24.7 Å². The molecule has 3 aromatic rings. The molecule has 3 rings (SSSR count). The monoisotopic (exact) mass is 512 g/mol. The molecule has 0 fully saturated rings. The molecule has 0 spiro atoms. The number of aromatic nitrogens is 2. The van der Waals surface area contributed by atoms with Crippen LogP contribution in [0.1, 0.15) is 25.1 Å². The Kier molecular flexibility index (Phi) is 9.06. The van der Waals surface area contributed by atoms with Crippen LogP contribution in [-0.4, -0.2) is 41.6 Å². The SMILES string of the molecule is C=CCN(Cc1cnc(S(=O)(=O)Cc2ccccc2)n1CC(C)C)C(=S)Nc1ccc(OC)cc1. The first kappa shape index (κ1) is 26.4. The van der Waals surface area contributed by atoms with Gasteiger partial charge in [-0.05, 0) is 48.0 Å². The first-order valence-electron chi connectivity index (χ1n) is 11.4. The summed E-state index contributed by atoms with van der Waals surface area (Å²) < 4.78 is 33.6. The Morgan fingerprint density at radius 2 is 1.89 bits per heavy atom. The van der Waals surface area contributed by atoms with Crippen molar-refractivity contribution in [2.24, 2.45) is 5.92 Å². The highest BCUT2D eigenvalue weighted by molar-refractivity contribution is 7.90. The molecule has 0 saturated heterocycles. The largest absolute Gasteiger partial charge is 0.497 e. The minimum atomic E-state index is -3.64. The molecule has 7 nitrogen and oxygen atoms in total. The number of hydrogen-bond acceptors (Lipinski definition) is 5. The van der Waals surface area contributed by atoms with Gasteiger partial charge in [0.1, 0.15) is 5.75 Å². The Balaban J connectivity index is 1.86. The summed E-state index contributed by atoms with van der Waals surface area (Å²) in [5, 5.41) is 3.82. The number of nitrogens with one attached hydrogen (secondary N) is 1. The topological polar surface area (TPSA) is 76.5 Å². The van der Waals surface area contributed by atoms with Gasteiger partial charge in [0.25, 0.3) is 0 Å². The number of rotatable bonds is 11. The highest BCUT2D eigenvalue weighted by atomic mass is 32.2. The molecule has 9 heteroatoms.